The molecule has 2 rings (SSSR count). The Morgan fingerprint density at radius 1 is 1.39 bits per heavy atom. The predicted octanol–water partition coefficient (Wildman–Crippen LogP) is 2.65. The minimum absolute atomic E-state index is 0.0144. The number of hydrogen-bond acceptors (Lipinski definition) is 2. The second-order valence-electron chi connectivity index (χ2n) is 4.86. The van der Waals surface area contributed by atoms with Crippen molar-refractivity contribution in [2.24, 2.45) is 11.7 Å². The molecule has 0 spiro atoms. The molecule has 1 aliphatic carbocycles. The zero-order valence-electron chi connectivity index (χ0n) is 10.5. The summed E-state index contributed by atoms with van der Waals surface area (Å²) in [4.78, 5) is 0. The normalized spacial score (nSPS) is 18.7. The Morgan fingerprint density at radius 2 is 2.11 bits per heavy atom. The number of rotatable bonds is 6. The molecule has 2 unspecified atom stereocenters. The first-order chi connectivity index (χ1) is 8.61. The first kappa shape index (κ1) is 13.4. The number of halogens is 2. The number of benzene rings is 1. The summed E-state index contributed by atoms with van der Waals surface area (Å²) in [6.45, 7) is 2.54. The Morgan fingerprint density at radius 3 is 2.67 bits per heavy atom. The molecular weight excluding hydrogens is 236 g/mol. The molecule has 100 valence electrons. The van der Waals surface area contributed by atoms with E-state index in [4.69, 9.17) is 10.5 Å². The van der Waals surface area contributed by atoms with Gasteiger partial charge in [-0.25, -0.2) is 8.78 Å². The van der Waals surface area contributed by atoms with Crippen LogP contribution >= 0.6 is 0 Å². The maximum Gasteiger partial charge on any atom is 0.129 e. The van der Waals surface area contributed by atoms with Crippen molar-refractivity contribution in [1.82, 2.24) is 0 Å². The van der Waals surface area contributed by atoms with Gasteiger partial charge in [-0.1, -0.05) is 6.07 Å². The van der Waals surface area contributed by atoms with Crippen LogP contribution < -0.4 is 5.73 Å². The van der Waals surface area contributed by atoms with E-state index in [1.165, 1.54) is 12.1 Å². The second kappa shape index (κ2) is 5.76. The van der Waals surface area contributed by atoms with Crippen molar-refractivity contribution >= 4 is 0 Å². The van der Waals surface area contributed by atoms with Gasteiger partial charge in [0.05, 0.1) is 6.10 Å². The van der Waals surface area contributed by atoms with Gasteiger partial charge < -0.3 is 10.5 Å². The Hall–Kier alpha value is -1.00. The Bertz CT molecular complexity index is 407. The van der Waals surface area contributed by atoms with Gasteiger partial charge in [0.1, 0.15) is 11.6 Å². The van der Waals surface area contributed by atoms with E-state index in [1.54, 1.807) is 0 Å². The van der Waals surface area contributed by atoms with Gasteiger partial charge in [0.25, 0.3) is 0 Å². The third-order valence-corrected chi connectivity index (χ3v) is 3.34. The lowest BCUT2D eigenvalue weighted by Gasteiger charge is -2.24. The molecule has 4 heteroatoms. The van der Waals surface area contributed by atoms with Gasteiger partial charge in [-0.3, -0.25) is 0 Å². The average molecular weight is 255 g/mol. The molecule has 2 atom stereocenters. The standard InChI is InChI=1S/C14H19F2NO/c1-2-18-14(9-3-4-9)13(17)7-10-5-6-11(15)8-12(10)16/h5-6,8-9,13-14H,2-4,7,17H2,1H3. The average Bonchev–Trinajstić information content (AvgIpc) is 3.13. The van der Waals surface area contributed by atoms with Gasteiger partial charge in [0.2, 0.25) is 0 Å². The van der Waals surface area contributed by atoms with Crippen LogP contribution in [0.2, 0.25) is 0 Å². The molecule has 0 heterocycles. The topological polar surface area (TPSA) is 35.2 Å². The van der Waals surface area contributed by atoms with Crippen LogP contribution in [0.25, 0.3) is 0 Å². The molecular formula is C14H19F2NO. The first-order valence-corrected chi connectivity index (χ1v) is 6.43. The van der Waals surface area contributed by atoms with E-state index >= 15 is 0 Å². The van der Waals surface area contributed by atoms with E-state index in [-0.39, 0.29) is 12.1 Å². The van der Waals surface area contributed by atoms with E-state index in [2.05, 4.69) is 0 Å². The highest BCUT2D eigenvalue weighted by atomic mass is 19.1. The Balaban J connectivity index is 2.02. The molecule has 1 aliphatic rings. The quantitative estimate of drug-likeness (QED) is 0.848. The van der Waals surface area contributed by atoms with Crippen LogP contribution in [0, 0.1) is 17.6 Å². The lowest BCUT2D eigenvalue weighted by atomic mass is 9.98. The van der Waals surface area contributed by atoms with Crippen molar-refractivity contribution in [3.63, 3.8) is 0 Å². The SMILES string of the molecule is CCOC(C(N)Cc1ccc(F)cc1F)C1CC1. The highest BCUT2D eigenvalue weighted by Gasteiger charge is 2.35. The van der Waals surface area contributed by atoms with Crippen LogP contribution in [0.1, 0.15) is 25.3 Å². The zero-order chi connectivity index (χ0) is 13.1. The van der Waals surface area contributed by atoms with Gasteiger partial charge >= 0.3 is 0 Å². The third-order valence-electron chi connectivity index (χ3n) is 3.34. The van der Waals surface area contributed by atoms with E-state index < -0.39 is 11.6 Å². The van der Waals surface area contributed by atoms with Crippen LogP contribution in [-0.2, 0) is 11.2 Å². The largest absolute Gasteiger partial charge is 0.377 e. The van der Waals surface area contributed by atoms with Crippen molar-refractivity contribution in [1.29, 1.82) is 0 Å². The fraction of sp³-hybridized carbons (Fsp3) is 0.571. The van der Waals surface area contributed by atoms with Crippen LogP contribution in [0.15, 0.2) is 18.2 Å². The van der Waals surface area contributed by atoms with Crippen molar-refractivity contribution in [2.75, 3.05) is 6.61 Å². The molecule has 0 aromatic heterocycles. The van der Waals surface area contributed by atoms with Crippen molar-refractivity contribution in [2.45, 2.75) is 38.3 Å². The molecule has 1 saturated carbocycles. The third kappa shape index (κ3) is 3.27. The minimum atomic E-state index is -0.562. The summed E-state index contributed by atoms with van der Waals surface area (Å²) < 4.78 is 32.0. The molecule has 1 aromatic carbocycles. The maximum absolute atomic E-state index is 13.5. The molecule has 0 saturated heterocycles. The fourth-order valence-electron chi connectivity index (χ4n) is 2.28. The predicted molar refractivity (Wildman–Crippen MR) is 66.2 cm³/mol. The fourth-order valence-corrected chi connectivity index (χ4v) is 2.28. The highest BCUT2D eigenvalue weighted by Crippen LogP contribution is 2.36. The first-order valence-electron chi connectivity index (χ1n) is 6.43. The monoisotopic (exact) mass is 255 g/mol. The van der Waals surface area contributed by atoms with Crippen molar-refractivity contribution < 1.29 is 13.5 Å². The number of nitrogens with two attached hydrogens (primary N) is 1. The van der Waals surface area contributed by atoms with E-state index in [0.29, 0.717) is 24.5 Å². The molecule has 18 heavy (non-hydrogen) atoms. The van der Waals surface area contributed by atoms with Gasteiger partial charge in [-0.15, -0.1) is 0 Å². The molecule has 0 aliphatic heterocycles. The summed E-state index contributed by atoms with van der Waals surface area (Å²) in [7, 11) is 0. The van der Waals surface area contributed by atoms with Gasteiger partial charge in [0, 0.05) is 18.7 Å². The molecule has 1 fully saturated rings. The maximum atomic E-state index is 13.5. The zero-order valence-corrected chi connectivity index (χ0v) is 10.5. The van der Waals surface area contributed by atoms with Crippen LogP contribution in [0.3, 0.4) is 0 Å². The van der Waals surface area contributed by atoms with E-state index in [9.17, 15) is 8.78 Å². The molecule has 1 aromatic rings. The summed E-state index contributed by atoms with van der Waals surface area (Å²) in [5, 5.41) is 0. The lowest BCUT2D eigenvalue weighted by molar-refractivity contribution is 0.0286. The van der Waals surface area contributed by atoms with Crippen molar-refractivity contribution in [3.05, 3.63) is 35.4 Å². The van der Waals surface area contributed by atoms with E-state index in [0.717, 1.165) is 18.9 Å². The summed E-state index contributed by atoms with van der Waals surface area (Å²) in [5.41, 5.74) is 6.55. The molecule has 2 nitrogen and oxygen atoms in total. The molecule has 0 amide bonds. The van der Waals surface area contributed by atoms with Crippen LogP contribution in [0.5, 0.6) is 0 Å². The molecule has 0 bridgehead atoms. The van der Waals surface area contributed by atoms with Crippen LogP contribution in [0.4, 0.5) is 8.78 Å². The minimum Gasteiger partial charge on any atom is -0.377 e. The number of ether oxygens (including phenoxy) is 1. The van der Waals surface area contributed by atoms with Gasteiger partial charge in [-0.05, 0) is 43.7 Å². The summed E-state index contributed by atoms with van der Waals surface area (Å²) >= 11 is 0. The van der Waals surface area contributed by atoms with Crippen molar-refractivity contribution in [3.8, 4) is 0 Å². The van der Waals surface area contributed by atoms with Gasteiger partial charge in [0.15, 0.2) is 0 Å². The smallest absolute Gasteiger partial charge is 0.129 e. The van der Waals surface area contributed by atoms with Crippen LogP contribution in [-0.4, -0.2) is 18.8 Å². The Kier molecular flexibility index (Phi) is 4.30. The number of hydrogen-bond donors (Lipinski definition) is 1. The van der Waals surface area contributed by atoms with Gasteiger partial charge in [-0.2, -0.15) is 0 Å². The summed E-state index contributed by atoms with van der Waals surface area (Å²) in [6.07, 6.45) is 2.63. The lowest BCUT2D eigenvalue weighted by Crippen LogP contribution is -2.40. The summed E-state index contributed by atoms with van der Waals surface area (Å²) in [6, 6.07) is 3.38. The molecule has 0 radical (unpaired) electrons. The van der Waals surface area contributed by atoms with E-state index in [1.807, 2.05) is 6.92 Å². The molecule has 2 N–H and O–H groups in total. The highest BCUT2D eigenvalue weighted by molar-refractivity contribution is 5.20. The Labute approximate surface area is 106 Å². The summed E-state index contributed by atoms with van der Waals surface area (Å²) in [5.74, 6) is -0.590. The second-order valence-corrected chi connectivity index (χ2v) is 4.86.